The smallest absolute Gasteiger partial charge is 0.128 e. The number of hydroxylamine groups is 1. The highest BCUT2D eigenvalue weighted by molar-refractivity contribution is 5.62. The highest BCUT2D eigenvalue weighted by atomic mass is 19.1. The van der Waals surface area contributed by atoms with Crippen molar-refractivity contribution in [2.45, 2.75) is 52.7 Å². The van der Waals surface area contributed by atoms with Crippen molar-refractivity contribution in [1.29, 1.82) is 0 Å². The molecule has 0 amide bonds. The van der Waals surface area contributed by atoms with Gasteiger partial charge in [-0.25, -0.2) is 8.78 Å². The van der Waals surface area contributed by atoms with Crippen LogP contribution in [0.25, 0.3) is 5.70 Å². The lowest BCUT2D eigenvalue weighted by Crippen LogP contribution is -2.29. The first kappa shape index (κ1) is 24.9. The third kappa shape index (κ3) is 7.67. The lowest BCUT2D eigenvalue weighted by atomic mass is 10.1. The van der Waals surface area contributed by atoms with Crippen molar-refractivity contribution in [3.63, 3.8) is 0 Å². The van der Waals surface area contributed by atoms with Gasteiger partial charge in [-0.1, -0.05) is 45.1 Å². The molecule has 0 aromatic heterocycles. The van der Waals surface area contributed by atoms with E-state index in [2.05, 4.69) is 28.7 Å². The number of nitrogens with one attached hydrogen (secondary N) is 2. The summed E-state index contributed by atoms with van der Waals surface area (Å²) in [6, 6.07) is 4.74. The number of benzene rings is 1. The van der Waals surface area contributed by atoms with Gasteiger partial charge in [0.2, 0.25) is 0 Å². The van der Waals surface area contributed by atoms with Gasteiger partial charge in [-0.15, -0.1) is 0 Å². The summed E-state index contributed by atoms with van der Waals surface area (Å²) in [4.78, 5) is 7.63. The third-order valence-electron chi connectivity index (χ3n) is 4.99. The zero-order valence-corrected chi connectivity index (χ0v) is 18.8. The molecular weight excluding hydrogens is 400 g/mol. The topological polar surface area (TPSA) is 45.8 Å². The second-order valence-corrected chi connectivity index (χ2v) is 7.10. The highest BCUT2D eigenvalue weighted by Gasteiger charge is 2.19. The predicted molar refractivity (Wildman–Crippen MR) is 121 cm³/mol. The van der Waals surface area contributed by atoms with Gasteiger partial charge in [0.05, 0.1) is 11.8 Å². The van der Waals surface area contributed by atoms with Gasteiger partial charge in [-0.2, -0.15) is 0 Å². The fourth-order valence-electron chi connectivity index (χ4n) is 3.31. The van der Waals surface area contributed by atoms with Crippen LogP contribution in [0.5, 0.6) is 0 Å². The third-order valence-corrected chi connectivity index (χ3v) is 4.99. The first-order valence-electron chi connectivity index (χ1n) is 11.2. The van der Waals surface area contributed by atoms with Crippen molar-refractivity contribution in [2.24, 2.45) is 0 Å². The standard InChI is InChI=1S/C22H29F2N3O2.C2H6/c1-2-3-4-5-22-25-10-11-27(22)16-18-7-6-17(14-20(18)24)21(15-23)26-29-19-8-12-28-13-9-19;1-2/h3-7,14-15,19,25-26H,2,8-13,16H2,1H3;1-2H3/b4-3+,21-15-,22-5+;. The molecule has 0 aliphatic carbocycles. The highest BCUT2D eigenvalue weighted by Crippen LogP contribution is 2.21. The lowest BCUT2D eigenvalue weighted by molar-refractivity contribution is -0.0599. The molecule has 3 rings (SSSR count). The molecule has 2 fully saturated rings. The van der Waals surface area contributed by atoms with E-state index in [0.717, 1.165) is 38.2 Å². The van der Waals surface area contributed by atoms with Crippen LogP contribution in [0.1, 0.15) is 51.2 Å². The van der Waals surface area contributed by atoms with Crippen molar-refractivity contribution in [3.8, 4) is 0 Å². The molecule has 31 heavy (non-hydrogen) atoms. The molecular formula is C24H35F2N3O2. The summed E-state index contributed by atoms with van der Waals surface area (Å²) in [5.74, 6) is 0.610. The van der Waals surface area contributed by atoms with Gasteiger partial charge in [0.1, 0.15) is 18.0 Å². The minimum atomic E-state index is -0.370. The monoisotopic (exact) mass is 435 g/mol. The number of rotatable bonds is 8. The summed E-state index contributed by atoms with van der Waals surface area (Å²) in [6.07, 6.45) is 8.89. The Bertz CT molecular complexity index is 759. The van der Waals surface area contributed by atoms with Crippen LogP contribution in [0.2, 0.25) is 0 Å². The maximum atomic E-state index is 14.7. The van der Waals surface area contributed by atoms with Gasteiger partial charge >= 0.3 is 0 Å². The molecule has 172 valence electrons. The van der Waals surface area contributed by atoms with E-state index in [1.807, 2.05) is 26.0 Å². The van der Waals surface area contributed by atoms with Gasteiger partial charge < -0.3 is 15.0 Å². The van der Waals surface area contributed by atoms with Crippen LogP contribution in [0.3, 0.4) is 0 Å². The zero-order chi connectivity index (χ0) is 22.5. The summed E-state index contributed by atoms with van der Waals surface area (Å²) in [5, 5.41) is 3.31. The van der Waals surface area contributed by atoms with E-state index in [4.69, 9.17) is 9.57 Å². The molecule has 2 aliphatic heterocycles. The summed E-state index contributed by atoms with van der Waals surface area (Å²) in [6.45, 7) is 9.42. The minimum Gasteiger partial charge on any atom is -0.381 e. The van der Waals surface area contributed by atoms with Crippen LogP contribution in [0.15, 0.2) is 48.6 Å². The van der Waals surface area contributed by atoms with Crippen LogP contribution in [-0.2, 0) is 16.1 Å². The molecule has 5 nitrogen and oxygen atoms in total. The molecule has 2 heterocycles. The maximum Gasteiger partial charge on any atom is 0.128 e. The number of hydrogen-bond donors (Lipinski definition) is 2. The molecule has 1 aromatic carbocycles. The van der Waals surface area contributed by atoms with E-state index in [1.165, 1.54) is 6.07 Å². The normalized spacial score (nSPS) is 18.8. The summed E-state index contributed by atoms with van der Waals surface area (Å²) < 4.78 is 33.4. The Hall–Kier alpha value is -2.38. The SMILES string of the molecule is CC.CC/C=C/C=C1\NCCN1Cc1ccc(/C(=C/F)NOC2CCOCC2)cc1F. The Morgan fingerprint density at radius 3 is 2.77 bits per heavy atom. The molecule has 0 spiro atoms. The Morgan fingerprint density at radius 2 is 2.10 bits per heavy atom. The number of allylic oxidation sites excluding steroid dienone is 3. The van der Waals surface area contributed by atoms with Crippen molar-refractivity contribution in [2.75, 3.05) is 26.3 Å². The van der Waals surface area contributed by atoms with Crippen molar-refractivity contribution in [1.82, 2.24) is 15.7 Å². The van der Waals surface area contributed by atoms with E-state index in [0.29, 0.717) is 37.2 Å². The quantitative estimate of drug-likeness (QED) is 0.561. The van der Waals surface area contributed by atoms with E-state index in [9.17, 15) is 8.78 Å². The first-order chi connectivity index (χ1) is 15.2. The Labute approximate surface area is 184 Å². The lowest BCUT2D eigenvalue weighted by Gasteiger charge is -2.23. The van der Waals surface area contributed by atoms with Crippen molar-refractivity contribution < 1.29 is 18.4 Å². The number of nitrogens with zero attached hydrogens (tertiary/aromatic N) is 1. The van der Waals surface area contributed by atoms with Gasteiger partial charge in [-0.05, 0) is 31.4 Å². The fourth-order valence-corrected chi connectivity index (χ4v) is 3.31. The Balaban J connectivity index is 0.00000166. The summed E-state index contributed by atoms with van der Waals surface area (Å²) in [7, 11) is 0. The number of hydrogen-bond acceptors (Lipinski definition) is 5. The molecule has 7 heteroatoms. The van der Waals surface area contributed by atoms with Crippen LogP contribution in [0.4, 0.5) is 8.78 Å². The zero-order valence-electron chi connectivity index (χ0n) is 18.8. The van der Waals surface area contributed by atoms with E-state index in [1.54, 1.807) is 12.1 Å². The second-order valence-electron chi connectivity index (χ2n) is 7.10. The number of ether oxygens (including phenoxy) is 1. The molecule has 0 unspecified atom stereocenters. The van der Waals surface area contributed by atoms with Crippen LogP contribution in [-0.4, -0.2) is 37.3 Å². The second kappa shape index (κ2) is 13.8. The molecule has 0 radical (unpaired) electrons. The van der Waals surface area contributed by atoms with Crippen LogP contribution < -0.4 is 10.8 Å². The van der Waals surface area contributed by atoms with E-state index in [-0.39, 0.29) is 17.6 Å². The average molecular weight is 436 g/mol. The van der Waals surface area contributed by atoms with Crippen LogP contribution in [0, 0.1) is 5.82 Å². The van der Waals surface area contributed by atoms with Gasteiger partial charge in [0.15, 0.2) is 0 Å². The fraction of sp³-hybridized carbons (Fsp3) is 0.500. The van der Waals surface area contributed by atoms with Gasteiger partial charge in [0, 0.05) is 44.0 Å². The maximum absolute atomic E-state index is 14.7. The largest absolute Gasteiger partial charge is 0.381 e. The average Bonchev–Trinajstić information content (AvgIpc) is 3.25. The summed E-state index contributed by atoms with van der Waals surface area (Å²) in [5.41, 5.74) is 3.71. The molecule has 2 aliphatic rings. The minimum absolute atomic E-state index is 0.0440. The molecule has 0 atom stereocenters. The molecule has 1 aromatic rings. The van der Waals surface area contributed by atoms with E-state index >= 15 is 0 Å². The van der Waals surface area contributed by atoms with Crippen molar-refractivity contribution >= 4 is 5.70 Å². The predicted octanol–water partition coefficient (Wildman–Crippen LogP) is 5.03. The van der Waals surface area contributed by atoms with Crippen LogP contribution >= 0.6 is 0 Å². The van der Waals surface area contributed by atoms with Crippen molar-refractivity contribution in [3.05, 3.63) is 65.5 Å². The molecule has 2 N–H and O–H groups in total. The Morgan fingerprint density at radius 1 is 1.32 bits per heavy atom. The Kier molecular flexibility index (Phi) is 11.1. The molecule has 0 bridgehead atoms. The first-order valence-corrected chi connectivity index (χ1v) is 11.2. The number of halogens is 2. The van der Waals surface area contributed by atoms with Gasteiger partial charge in [-0.3, -0.25) is 10.3 Å². The molecule has 0 saturated carbocycles. The van der Waals surface area contributed by atoms with Gasteiger partial charge in [0.25, 0.3) is 0 Å². The summed E-state index contributed by atoms with van der Waals surface area (Å²) >= 11 is 0. The van der Waals surface area contributed by atoms with E-state index < -0.39 is 0 Å². The molecule has 2 saturated heterocycles.